The lowest BCUT2D eigenvalue weighted by molar-refractivity contribution is 0.246. The van der Waals surface area contributed by atoms with E-state index in [4.69, 9.17) is 4.74 Å². The molecular formula is C19H21NO3S. The second kappa shape index (κ2) is 5.98. The third-order valence-electron chi connectivity index (χ3n) is 4.17. The Morgan fingerprint density at radius 3 is 2.42 bits per heavy atom. The molecule has 0 aliphatic carbocycles. The van der Waals surface area contributed by atoms with E-state index in [0.717, 1.165) is 16.7 Å². The van der Waals surface area contributed by atoms with Crippen molar-refractivity contribution >= 4 is 15.7 Å². The Balaban J connectivity index is 2.19. The topological polar surface area (TPSA) is 46.6 Å². The van der Waals surface area contributed by atoms with E-state index in [9.17, 15) is 8.42 Å². The summed E-state index contributed by atoms with van der Waals surface area (Å²) in [6.45, 7) is 9.61. The van der Waals surface area contributed by atoms with Gasteiger partial charge in [0.15, 0.2) is 0 Å². The number of benzene rings is 2. The molecule has 4 nitrogen and oxygen atoms in total. The Morgan fingerprint density at radius 2 is 1.79 bits per heavy atom. The molecule has 2 aromatic rings. The third-order valence-corrected chi connectivity index (χ3v) is 6.26. The van der Waals surface area contributed by atoms with Crippen LogP contribution in [-0.4, -0.2) is 21.1 Å². The number of rotatable bonds is 3. The summed E-state index contributed by atoms with van der Waals surface area (Å²) in [6, 6.07) is 11.0. The number of sulfonamides is 1. The van der Waals surface area contributed by atoms with E-state index in [0.29, 0.717) is 16.3 Å². The fraction of sp³-hybridized carbons (Fsp3) is 0.263. The number of para-hydroxylation sites is 2. The molecule has 0 amide bonds. The average molecular weight is 343 g/mol. The van der Waals surface area contributed by atoms with Crippen molar-refractivity contribution in [1.29, 1.82) is 0 Å². The maximum absolute atomic E-state index is 13.4. The van der Waals surface area contributed by atoms with Crippen LogP contribution in [0.5, 0.6) is 5.75 Å². The molecule has 1 aliphatic rings. The third kappa shape index (κ3) is 2.69. The highest BCUT2D eigenvalue weighted by molar-refractivity contribution is 7.93. The molecule has 24 heavy (non-hydrogen) atoms. The minimum atomic E-state index is -3.69. The summed E-state index contributed by atoms with van der Waals surface area (Å²) < 4.78 is 34.0. The van der Waals surface area contributed by atoms with Crippen LogP contribution in [0.2, 0.25) is 0 Å². The van der Waals surface area contributed by atoms with Crippen LogP contribution >= 0.6 is 0 Å². The highest BCUT2D eigenvalue weighted by Crippen LogP contribution is 2.38. The molecule has 5 heteroatoms. The number of aryl methyl sites for hydroxylation is 3. The van der Waals surface area contributed by atoms with Gasteiger partial charge in [-0.15, -0.1) is 0 Å². The van der Waals surface area contributed by atoms with Gasteiger partial charge in [-0.2, -0.15) is 0 Å². The van der Waals surface area contributed by atoms with E-state index in [1.807, 2.05) is 45.0 Å². The van der Waals surface area contributed by atoms with Crippen molar-refractivity contribution in [1.82, 2.24) is 0 Å². The highest BCUT2D eigenvalue weighted by atomic mass is 32.2. The summed E-state index contributed by atoms with van der Waals surface area (Å²) in [5, 5.41) is 0. The Kier molecular flexibility index (Phi) is 4.13. The number of anilines is 1. The van der Waals surface area contributed by atoms with Crippen LogP contribution in [0.15, 0.2) is 53.9 Å². The van der Waals surface area contributed by atoms with Crippen LogP contribution < -0.4 is 9.04 Å². The number of nitrogens with zero attached hydrogens (tertiary/aromatic N) is 1. The first-order valence-corrected chi connectivity index (χ1v) is 9.27. The molecular weight excluding hydrogens is 322 g/mol. The van der Waals surface area contributed by atoms with Gasteiger partial charge in [-0.05, 0) is 50.1 Å². The number of ether oxygens (including phenoxy) is 1. The Morgan fingerprint density at radius 1 is 1.17 bits per heavy atom. The molecule has 0 N–H and O–H groups in total. The molecule has 0 saturated carbocycles. The van der Waals surface area contributed by atoms with E-state index in [1.165, 1.54) is 4.31 Å². The molecule has 0 fully saturated rings. The van der Waals surface area contributed by atoms with Gasteiger partial charge in [0.1, 0.15) is 11.9 Å². The second-order valence-electron chi connectivity index (χ2n) is 6.12. The SMILES string of the molecule is C=CC1CN(S(=O)(=O)c2c(C)cc(C)cc2C)c2ccccc2O1. The van der Waals surface area contributed by atoms with Crippen molar-refractivity contribution in [2.24, 2.45) is 0 Å². The minimum Gasteiger partial charge on any atom is -0.482 e. The lowest BCUT2D eigenvalue weighted by atomic mass is 10.1. The maximum atomic E-state index is 13.4. The first-order valence-electron chi connectivity index (χ1n) is 7.83. The predicted molar refractivity (Wildman–Crippen MR) is 96.2 cm³/mol. The molecule has 2 aromatic carbocycles. The largest absolute Gasteiger partial charge is 0.482 e. The fourth-order valence-electron chi connectivity index (χ4n) is 3.26. The van der Waals surface area contributed by atoms with Gasteiger partial charge in [0.2, 0.25) is 0 Å². The summed E-state index contributed by atoms with van der Waals surface area (Å²) in [5.41, 5.74) is 3.13. The van der Waals surface area contributed by atoms with Crippen molar-refractivity contribution in [2.75, 3.05) is 10.8 Å². The molecule has 0 aromatic heterocycles. The Labute approximate surface area is 143 Å². The zero-order valence-corrected chi connectivity index (χ0v) is 14.9. The van der Waals surface area contributed by atoms with Gasteiger partial charge >= 0.3 is 0 Å². The normalized spacial score (nSPS) is 17.1. The molecule has 1 aliphatic heterocycles. The van der Waals surface area contributed by atoms with Crippen LogP contribution in [0.3, 0.4) is 0 Å². The molecule has 1 unspecified atom stereocenters. The molecule has 1 atom stereocenters. The molecule has 0 spiro atoms. The molecule has 0 saturated heterocycles. The smallest absolute Gasteiger partial charge is 0.265 e. The van der Waals surface area contributed by atoms with Crippen LogP contribution in [0.4, 0.5) is 5.69 Å². The van der Waals surface area contributed by atoms with Crippen molar-refractivity contribution < 1.29 is 13.2 Å². The summed E-state index contributed by atoms with van der Waals surface area (Å²) in [7, 11) is -3.69. The van der Waals surface area contributed by atoms with Crippen molar-refractivity contribution in [2.45, 2.75) is 31.8 Å². The number of hydrogen-bond acceptors (Lipinski definition) is 3. The van der Waals surface area contributed by atoms with Gasteiger partial charge < -0.3 is 4.74 Å². The standard InChI is InChI=1S/C19H21NO3S/c1-5-16-12-20(17-8-6-7-9-18(17)23-16)24(21,22)19-14(3)10-13(2)11-15(19)4/h5-11,16H,1,12H2,2-4H3. The zero-order valence-electron chi connectivity index (χ0n) is 14.1. The van der Waals surface area contributed by atoms with E-state index < -0.39 is 10.0 Å². The summed E-state index contributed by atoms with van der Waals surface area (Å²) in [4.78, 5) is 0.368. The molecule has 1 heterocycles. The second-order valence-corrected chi connectivity index (χ2v) is 7.92. The quantitative estimate of drug-likeness (QED) is 0.797. The average Bonchev–Trinajstić information content (AvgIpc) is 2.52. The minimum absolute atomic E-state index is 0.218. The van der Waals surface area contributed by atoms with Crippen LogP contribution in [0.1, 0.15) is 16.7 Å². The van der Waals surface area contributed by atoms with Crippen LogP contribution in [0, 0.1) is 20.8 Å². The van der Waals surface area contributed by atoms with E-state index in [2.05, 4.69) is 6.58 Å². The van der Waals surface area contributed by atoms with E-state index >= 15 is 0 Å². The lowest BCUT2D eigenvalue weighted by Gasteiger charge is -2.35. The Hall–Kier alpha value is -2.27. The summed E-state index contributed by atoms with van der Waals surface area (Å²) in [6.07, 6.45) is 1.26. The Bertz CT molecular complexity index is 880. The molecule has 0 radical (unpaired) electrons. The van der Waals surface area contributed by atoms with Crippen molar-refractivity contribution in [3.8, 4) is 5.75 Å². The highest BCUT2D eigenvalue weighted by Gasteiger charge is 2.35. The van der Waals surface area contributed by atoms with Gasteiger partial charge in [0.05, 0.1) is 17.1 Å². The monoisotopic (exact) mass is 343 g/mol. The van der Waals surface area contributed by atoms with Crippen LogP contribution in [0.25, 0.3) is 0 Å². The predicted octanol–water partition coefficient (Wildman–Crippen LogP) is 3.75. The molecule has 3 rings (SSSR count). The first kappa shape index (κ1) is 16.6. The van der Waals surface area contributed by atoms with Gasteiger partial charge in [0, 0.05) is 0 Å². The van der Waals surface area contributed by atoms with Gasteiger partial charge in [-0.3, -0.25) is 4.31 Å². The summed E-state index contributed by atoms with van der Waals surface area (Å²) in [5.74, 6) is 0.555. The number of fused-ring (bicyclic) bond motifs is 1. The van der Waals surface area contributed by atoms with E-state index in [-0.39, 0.29) is 12.6 Å². The summed E-state index contributed by atoms with van der Waals surface area (Å²) >= 11 is 0. The van der Waals surface area contributed by atoms with Crippen molar-refractivity contribution in [3.05, 3.63) is 65.7 Å². The van der Waals surface area contributed by atoms with E-state index in [1.54, 1.807) is 18.2 Å². The van der Waals surface area contributed by atoms with Crippen molar-refractivity contribution in [3.63, 3.8) is 0 Å². The lowest BCUT2D eigenvalue weighted by Crippen LogP contribution is -2.43. The fourth-order valence-corrected chi connectivity index (χ4v) is 5.16. The zero-order chi connectivity index (χ0) is 17.5. The van der Waals surface area contributed by atoms with Crippen LogP contribution in [-0.2, 0) is 10.0 Å². The van der Waals surface area contributed by atoms with Gasteiger partial charge in [-0.25, -0.2) is 8.42 Å². The maximum Gasteiger partial charge on any atom is 0.265 e. The van der Waals surface area contributed by atoms with Gasteiger partial charge in [0.25, 0.3) is 10.0 Å². The first-order chi connectivity index (χ1) is 11.3. The number of hydrogen-bond donors (Lipinski definition) is 0. The molecule has 0 bridgehead atoms. The molecule has 126 valence electrons. The van der Waals surface area contributed by atoms with Gasteiger partial charge in [-0.1, -0.05) is 36.4 Å².